The van der Waals surface area contributed by atoms with Crippen LogP contribution in [0.1, 0.15) is 31.2 Å². The van der Waals surface area contributed by atoms with Gasteiger partial charge in [0, 0.05) is 11.2 Å². The van der Waals surface area contributed by atoms with Crippen molar-refractivity contribution in [2.75, 3.05) is 5.73 Å². The molecule has 2 aromatic rings. The Morgan fingerprint density at radius 2 is 2.22 bits per heavy atom. The predicted molar refractivity (Wildman–Crippen MR) is 89.8 cm³/mol. The number of hydrogen-bond donors (Lipinski definition) is 2. The summed E-state index contributed by atoms with van der Waals surface area (Å²) in [6.45, 7) is 2.41. The smallest absolute Gasteiger partial charge is 0.231 e. The van der Waals surface area contributed by atoms with Crippen molar-refractivity contribution >= 4 is 23.3 Å². The van der Waals surface area contributed by atoms with E-state index >= 15 is 0 Å². The molecule has 0 saturated heterocycles. The van der Waals surface area contributed by atoms with Crippen LogP contribution in [0, 0.1) is 5.92 Å². The minimum absolute atomic E-state index is 0.0103. The van der Waals surface area contributed by atoms with E-state index in [1.165, 1.54) is 0 Å². The standard InChI is InChI=1S/C17H19ClN4O/c1-11-8-17(9-11,12-3-2-4-13(18)7-12)16(23)21-10-15-20-6-5-14(19)22-15/h2-7,11H,8-10H2,1H3,(H,21,23)(H2,19,20,22). The van der Waals surface area contributed by atoms with Gasteiger partial charge < -0.3 is 11.1 Å². The lowest BCUT2D eigenvalue weighted by atomic mass is 9.58. The number of carbonyl (C=O) groups is 1. The fraction of sp³-hybridized carbons (Fsp3) is 0.353. The molecule has 0 aliphatic heterocycles. The van der Waals surface area contributed by atoms with E-state index < -0.39 is 5.41 Å². The molecule has 1 amide bonds. The van der Waals surface area contributed by atoms with Crippen molar-refractivity contribution in [2.24, 2.45) is 5.92 Å². The Labute approximate surface area is 140 Å². The molecule has 0 radical (unpaired) electrons. The molecule has 1 aliphatic carbocycles. The molecular weight excluding hydrogens is 312 g/mol. The van der Waals surface area contributed by atoms with Gasteiger partial charge in [-0.25, -0.2) is 9.97 Å². The molecule has 5 nitrogen and oxygen atoms in total. The molecular formula is C17H19ClN4O. The van der Waals surface area contributed by atoms with Gasteiger partial charge in [0.05, 0.1) is 12.0 Å². The summed E-state index contributed by atoms with van der Waals surface area (Å²) in [5, 5.41) is 3.59. The van der Waals surface area contributed by atoms with E-state index in [2.05, 4.69) is 22.2 Å². The summed E-state index contributed by atoms with van der Waals surface area (Å²) < 4.78 is 0. The number of nitrogens with one attached hydrogen (secondary N) is 1. The minimum Gasteiger partial charge on any atom is -0.384 e. The zero-order valence-corrected chi connectivity index (χ0v) is 13.7. The minimum atomic E-state index is -0.509. The third-order valence-electron chi connectivity index (χ3n) is 4.34. The van der Waals surface area contributed by atoms with Gasteiger partial charge in [0.2, 0.25) is 5.91 Å². The maximum Gasteiger partial charge on any atom is 0.231 e. The number of hydrogen-bond acceptors (Lipinski definition) is 4. The van der Waals surface area contributed by atoms with Gasteiger partial charge in [-0.05, 0) is 42.5 Å². The van der Waals surface area contributed by atoms with Gasteiger partial charge >= 0.3 is 0 Å². The molecule has 1 fully saturated rings. The molecule has 1 aromatic carbocycles. The Bertz CT molecular complexity index is 728. The number of amides is 1. The first-order valence-electron chi connectivity index (χ1n) is 7.61. The molecule has 3 rings (SSSR count). The fourth-order valence-corrected chi connectivity index (χ4v) is 3.49. The van der Waals surface area contributed by atoms with E-state index in [4.69, 9.17) is 17.3 Å². The van der Waals surface area contributed by atoms with E-state index in [0.717, 1.165) is 18.4 Å². The van der Waals surface area contributed by atoms with Crippen LogP contribution >= 0.6 is 11.6 Å². The van der Waals surface area contributed by atoms with Crippen molar-refractivity contribution in [3.05, 3.63) is 52.9 Å². The Morgan fingerprint density at radius 3 is 2.87 bits per heavy atom. The highest BCUT2D eigenvalue weighted by Gasteiger charge is 2.49. The highest BCUT2D eigenvalue weighted by atomic mass is 35.5. The van der Waals surface area contributed by atoms with E-state index in [-0.39, 0.29) is 12.5 Å². The summed E-state index contributed by atoms with van der Waals surface area (Å²) in [5.74, 6) is 1.41. The number of anilines is 1. The van der Waals surface area contributed by atoms with Crippen LogP contribution in [-0.4, -0.2) is 15.9 Å². The normalized spacial score (nSPS) is 23.1. The molecule has 3 N–H and O–H groups in total. The largest absolute Gasteiger partial charge is 0.384 e. The van der Waals surface area contributed by atoms with Gasteiger partial charge in [-0.1, -0.05) is 30.7 Å². The Balaban J connectivity index is 1.77. The van der Waals surface area contributed by atoms with Crippen molar-refractivity contribution < 1.29 is 4.79 Å². The molecule has 23 heavy (non-hydrogen) atoms. The average Bonchev–Trinajstić information content (AvgIpc) is 2.49. The van der Waals surface area contributed by atoms with Gasteiger partial charge in [-0.15, -0.1) is 0 Å². The number of benzene rings is 1. The van der Waals surface area contributed by atoms with Crippen LogP contribution < -0.4 is 11.1 Å². The molecule has 0 atom stereocenters. The lowest BCUT2D eigenvalue weighted by Crippen LogP contribution is -2.52. The van der Waals surface area contributed by atoms with E-state index in [9.17, 15) is 4.79 Å². The third-order valence-corrected chi connectivity index (χ3v) is 4.57. The van der Waals surface area contributed by atoms with Gasteiger partial charge in [0.15, 0.2) is 0 Å². The predicted octanol–water partition coefficient (Wildman–Crippen LogP) is 2.70. The second-order valence-corrected chi connectivity index (χ2v) is 6.62. The lowest BCUT2D eigenvalue weighted by Gasteiger charge is -2.45. The van der Waals surface area contributed by atoms with Crippen molar-refractivity contribution in [3.8, 4) is 0 Å². The first-order valence-corrected chi connectivity index (χ1v) is 7.99. The van der Waals surface area contributed by atoms with E-state index in [1.54, 1.807) is 12.3 Å². The summed E-state index contributed by atoms with van der Waals surface area (Å²) >= 11 is 6.10. The molecule has 0 bridgehead atoms. The second-order valence-electron chi connectivity index (χ2n) is 6.19. The number of nitrogens with two attached hydrogens (primary N) is 1. The maximum atomic E-state index is 12.8. The first kappa shape index (κ1) is 15.7. The Kier molecular flexibility index (Phi) is 4.22. The van der Waals surface area contributed by atoms with Crippen LogP contribution in [0.5, 0.6) is 0 Å². The summed E-state index contributed by atoms with van der Waals surface area (Å²) in [6, 6.07) is 9.17. The molecule has 1 aliphatic rings. The molecule has 0 spiro atoms. The van der Waals surface area contributed by atoms with Crippen LogP contribution in [0.4, 0.5) is 5.82 Å². The number of aromatic nitrogens is 2. The molecule has 6 heteroatoms. The van der Waals surface area contributed by atoms with Crippen molar-refractivity contribution in [1.82, 2.24) is 15.3 Å². The monoisotopic (exact) mass is 330 g/mol. The maximum absolute atomic E-state index is 12.8. The Morgan fingerprint density at radius 1 is 1.43 bits per heavy atom. The number of carbonyl (C=O) groups excluding carboxylic acids is 1. The Hall–Kier alpha value is -2.14. The van der Waals surface area contributed by atoms with Crippen LogP contribution in [0.2, 0.25) is 5.02 Å². The zero-order valence-electron chi connectivity index (χ0n) is 12.9. The number of nitrogen functional groups attached to an aromatic ring is 1. The van der Waals surface area contributed by atoms with Gasteiger partial charge in [-0.3, -0.25) is 4.79 Å². The van der Waals surface area contributed by atoms with Crippen molar-refractivity contribution in [2.45, 2.75) is 31.7 Å². The van der Waals surface area contributed by atoms with Crippen LogP contribution in [0.15, 0.2) is 36.5 Å². The van der Waals surface area contributed by atoms with E-state index in [1.807, 2.05) is 24.3 Å². The zero-order chi connectivity index (χ0) is 16.4. The third kappa shape index (κ3) is 3.15. The number of nitrogens with zero attached hydrogens (tertiary/aromatic N) is 2. The van der Waals surface area contributed by atoms with Crippen molar-refractivity contribution in [1.29, 1.82) is 0 Å². The SMILES string of the molecule is CC1CC(C(=O)NCc2nccc(N)n2)(c2cccc(Cl)c2)C1. The summed E-state index contributed by atoms with van der Waals surface area (Å²) in [4.78, 5) is 21.0. The highest BCUT2D eigenvalue weighted by molar-refractivity contribution is 6.30. The van der Waals surface area contributed by atoms with E-state index in [0.29, 0.717) is 22.6 Å². The average molecular weight is 331 g/mol. The molecule has 120 valence electrons. The van der Waals surface area contributed by atoms with Gasteiger partial charge in [0.1, 0.15) is 11.6 Å². The quantitative estimate of drug-likeness (QED) is 0.903. The number of halogens is 1. The summed E-state index contributed by atoms with van der Waals surface area (Å²) in [5.41, 5.74) is 6.09. The lowest BCUT2D eigenvalue weighted by molar-refractivity contribution is -0.132. The topological polar surface area (TPSA) is 80.9 Å². The molecule has 1 heterocycles. The molecule has 1 aromatic heterocycles. The first-order chi connectivity index (χ1) is 11.0. The van der Waals surface area contributed by atoms with Crippen LogP contribution in [-0.2, 0) is 16.8 Å². The van der Waals surface area contributed by atoms with Crippen molar-refractivity contribution in [3.63, 3.8) is 0 Å². The number of rotatable bonds is 4. The van der Waals surface area contributed by atoms with Gasteiger partial charge in [0.25, 0.3) is 0 Å². The summed E-state index contributed by atoms with van der Waals surface area (Å²) in [6.07, 6.45) is 3.22. The second kappa shape index (κ2) is 6.16. The van der Waals surface area contributed by atoms with Crippen LogP contribution in [0.25, 0.3) is 0 Å². The molecule has 1 saturated carbocycles. The van der Waals surface area contributed by atoms with Gasteiger partial charge in [-0.2, -0.15) is 0 Å². The summed E-state index contributed by atoms with van der Waals surface area (Å²) in [7, 11) is 0. The highest BCUT2D eigenvalue weighted by Crippen LogP contribution is 2.48. The fourth-order valence-electron chi connectivity index (χ4n) is 3.30. The van der Waals surface area contributed by atoms with Crippen LogP contribution in [0.3, 0.4) is 0 Å². The molecule has 0 unspecified atom stereocenters.